The number of benzene rings is 2. The van der Waals surface area contributed by atoms with Crippen molar-refractivity contribution in [3.05, 3.63) is 54.6 Å². The van der Waals surface area contributed by atoms with Gasteiger partial charge in [0.25, 0.3) is 9.76 Å². The molecule has 2 rings (SSSR count). The van der Waals surface area contributed by atoms with Crippen LogP contribution in [0.25, 0.3) is 11.1 Å². The summed E-state index contributed by atoms with van der Waals surface area (Å²) in [5.74, 6) is 0. The number of hydrogen-bond acceptors (Lipinski definition) is 1. The molecular weight excluding hydrogens is 216 g/mol. The van der Waals surface area contributed by atoms with Crippen molar-refractivity contribution < 1.29 is 4.12 Å². The third-order valence-corrected chi connectivity index (χ3v) is 3.24. The standard InChI is InChI=1S/C12H9OSi2/c14-13-15-12-9-5-4-8-11(12)10-6-2-1-3-7-10/h1-9H. The molecule has 0 aliphatic rings. The highest BCUT2D eigenvalue weighted by Gasteiger charge is 2.04. The van der Waals surface area contributed by atoms with Gasteiger partial charge in [-0.05, 0) is 16.3 Å². The quantitative estimate of drug-likeness (QED) is 0.723. The van der Waals surface area contributed by atoms with Crippen LogP contribution in [0.3, 0.4) is 0 Å². The molecule has 0 aliphatic heterocycles. The summed E-state index contributed by atoms with van der Waals surface area (Å²) in [6, 6.07) is 18.6. The SMILES string of the molecule is [Si]O[Si]c1ccccc1-c1ccccc1. The van der Waals surface area contributed by atoms with E-state index >= 15 is 0 Å². The molecule has 3 heteroatoms. The molecule has 0 saturated heterocycles. The van der Waals surface area contributed by atoms with Crippen LogP contribution in [0.2, 0.25) is 0 Å². The molecule has 0 heterocycles. The molecule has 0 saturated carbocycles. The molecule has 1 nitrogen and oxygen atoms in total. The Hall–Kier alpha value is -1.17. The van der Waals surface area contributed by atoms with E-state index < -0.39 is 0 Å². The Labute approximate surface area is 95.6 Å². The van der Waals surface area contributed by atoms with E-state index in [1.165, 1.54) is 16.3 Å². The largest absolute Gasteiger partial charge is 0.454 e. The van der Waals surface area contributed by atoms with Crippen molar-refractivity contribution in [2.45, 2.75) is 0 Å². The van der Waals surface area contributed by atoms with Gasteiger partial charge in [-0.3, -0.25) is 0 Å². The lowest BCUT2D eigenvalue weighted by Crippen LogP contribution is -2.18. The van der Waals surface area contributed by atoms with Gasteiger partial charge in [0, 0.05) is 0 Å². The van der Waals surface area contributed by atoms with Gasteiger partial charge in [0.15, 0.2) is 0 Å². The van der Waals surface area contributed by atoms with Gasteiger partial charge in [-0.1, -0.05) is 54.6 Å². The van der Waals surface area contributed by atoms with Crippen LogP contribution in [0.1, 0.15) is 0 Å². The summed E-state index contributed by atoms with van der Waals surface area (Å²) in [4.78, 5) is 0. The van der Waals surface area contributed by atoms with Crippen LogP contribution in [0.4, 0.5) is 0 Å². The van der Waals surface area contributed by atoms with Crippen LogP contribution >= 0.6 is 0 Å². The van der Waals surface area contributed by atoms with E-state index in [4.69, 9.17) is 4.12 Å². The van der Waals surface area contributed by atoms with E-state index in [2.05, 4.69) is 34.8 Å². The van der Waals surface area contributed by atoms with Crippen LogP contribution in [0.5, 0.6) is 0 Å². The average Bonchev–Trinajstić information content (AvgIpc) is 2.31. The van der Waals surface area contributed by atoms with Gasteiger partial charge in [-0.15, -0.1) is 0 Å². The fraction of sp³-hybridized carbons (Fsp3) is 0. The normalized spacial score (nSPS) is 10.2. The summed E-state index contributed by atoms with van der Waals surface area (Å²) in [6.45, 7) is 0. The highest BCUT2D eigenvalue weighted by atomic mass is 28.3. The molecule has 15 heavy (non-hydrogen) atoms. The summed E-state index contributed by atoms with van der Waals surface area (Å²) in [5.41, 5.74) is 2.46. The van der Waals surface area contributed by atoms with Crippen LogP contribution in [-0.2, 0) is 4.12 Å². The monoisotopic (exact) mass is 225 g/mol. The predicted molar refractivity (Wildman–Crippen MR) is 64.1 cm³/mol. The smallest absolute Gasteiger partial charge is 0.257 e. The summed E-state index contributed by atoms with van der Waals surface area (Å²) in [7, 11) is 3.38. The molecule has 0 aliphatic carbocycles. The molecular formula is C12H9OSi2. The van der Waals surface area contributed by atoms with Crippen molar-refractivity contribution >= 4 is 25.4 Å². The molecule has 0 amide bonds. The molecule has 5 radical (unpaired) electrons. The highest BCUT2D eigenvalue weighted by molar-refractivity contribution is 6.52. The van der Waals surface area contributed by atoms with Gasteiger partial charge in [0.05, 0.1) is 0 Å². The first-order valence-electron chi connectivity index (χ1n) is 4.65. The fourth-order valence-corrected chi connectivity index (χ4v) is 2.44. The van der Waals surface area contributed by atoms with Crippen LogP contribution < -0.4 is 5.19 Å². The maximum atomic E-state index is 5.02. The Kier molecular flexibility index (Phi) is 3.50. The lowest BCUT2D eigenvalue weighted by molar-refractivity contribution is 0.676. The topological polar surface area (TPSA) is 9.23 Å². The molecule has 0 spiro atoms. The number of rotatable bonds is 3. The molecule has 2 aromatic carbocycles. The molecule has 0 atom stereocenters. The van der Waals surface area contributed by atoms with Gasteiger partial charge >= 0.3 is 0 Å². The summed E-state index contributed by atoms with van der Waals surface area (Å²) < 4.78 is 5.02. The second kappa shape index (κ2) is 5.07. The minimum absolute atomic E-state index is 0.325. The van der Waals surface area contributed by atoms with E-state index in [0.717, 1.165) is 0 Å². The molecule has 71 valence electrons. The molecule has 0 aromatic heterocycles. The van der Waals surface area contributed by atoms with Gasteiger partial charge in [0.2, 0.25) is 10.5 Å². The zero-order valence-electron chi connectivity index (χ0n) is 8.10. The first-order chi connectivity index (χ1) is 7.42. The molecule has 0 unspecified atom stereocenters. The lowest BCUT2D eigenvalue weighted by Gasteiger charge is -2.07. The van der Waals surface area contributed by atoms with Crippen molar-refractivity contribution in [3.8, 4) is 11.1 Å². The second-order valence-electron chi connectivity index (χ2n) is 3.12. The Morgan fingerprint density at radius 1 is 0.867 bits per heavy atom. The first-order valence-corrected chi connectivity index (χ1v) is 5.96. The Morgan fingerprint density at radius 3 is 2.27 bits per heavy atom. The Balaban J connectivity index is 2.43. The van der Waals surface area contributed by atoms with Gasteiger partial charge in [-0.25, -0.2) is 0 Å². The van der Waals surface area contributed by atoms with Gasteiger partial charge < -0.3 is 4.12 Å². The summed E-state index contributed by atoms with van der Waals surface area (Å²) in [5, 5.41) is 1.21. The van der Waals surface area contributed by atoms with Crippen LogP contribution in [0.15, 0.2) is 54.6 Å². The molecule has 0 fully saturated rings. The van der Waals surface area contributed by atoms with Crippen LogP contribution in [-0.4, -0.2) is 20.2 Å². The summed E-state index contributed by atoms with van der Waals surface area (Å²) >= 11 is 0. The summed E-state index contributed by atoms with van der Waals surface area (Å²) in [6.07, 6.45) is 0. The first kappa shape index (κ1) is 10.4. The van der Waals surface area contributed by atoms with E-state index in [9.17, 15) is 0 Å². The zero-order chi connectivity index (χ0) is 10.5. The molecule has 0 N–H and O–H groups in total. The van der Waals surface area contributed by atoms with E-state index in [1.807, 2.05) is 30.3 Å². The fourth-order valence-electron chi connectivity index (χ4n) is 1.50. The van der Waals surface area contributed by atoms with Gasteiger partial charge in [-0.2, -0.15) is 0 Å². The van der Waals surface area contributed by atoms with Crippen molar-refractivity contribution in [1.82, 2.24) is 0 Å². The highest BCUT2D eigenvalue weighted by Crippen LogP contribution is 2.15. The third-order valence-electron chi connectivity index (χ3n) is 2.17. The predicted octanol–water partition coefficient (Wildman–Crippen LogP) is 1.70. The van der Waals surface area contributed by atoms with E-state index in [-0.39, 0.29) is 0 Å². The van der Waals surface area contributed by atoms with E-state index in [1.54, 1.807) is 0 Å². The van der Waals surface area contributed by atoms with Crippen molar-refractivity contribution in [1.29, 1.82) is 0 Å². The van der Waals surface area contributed by atoms with Gasteiger partial charge in [0.1, 0.15) is 0 Å². The minimum Gasteiger partial charge on any atom is -0.454 e. The maximum Gasteiger partial charge on any atom is 0.257 e. The number of hydrogen-bond donors (Lipinski definition) is 0. The average molecular weight is 225 g/mol. The molecule has 2 aromatic rings. The zero-order valence-corrected chi connectivity index (χ0v) is 10.1. The van der Waals surface area contributed by atoms with Crippen molar-refractivity contribution in [2.24, 2.45) is 0 Å². The van der Waals surface area contributed by atoms with Crippen LogP contribution in [0, 0.1) is 0 Å². The third kappa shape index (κ3) is 2.44. The Morgan fingerprint density at radius 2 is 1.53 bits per heavy atom. The lowest BCUT2D eigenvalue weighted by atomic mass is 10.1. The molecule has 0 bridgehead atoms. The minimum atomic E-state index is 0.325. The van der Waals surface area contributed by atoms with E-state index in [0.29, 0.717) is 9.76 Å². The van der Waals surface area contributed by atoms with Crippen molar-refractivity contribution in [2.75, 3.05) is 0 Å². The maximum absolute atomic E-state index is 5.02. The Bertz CT molecular complexity index is 429. The second-order valence-corrected chi connectivity index (χ2v) is 4.68. The van der Waals surface area contributed by atoms with Crippen molar-refractivity contribution in [3.63, 3.8) is 0 Å².